The van der Waals surface area contributed by atoms with Gasteiger partial charge in [0.2, 0.25) is 0 Å². The van der Waals surface area contributed by atoms with Gasteiger partial charge in [0.1, 0.15) is 0 Å². The Hall–Kier alpha value is -0.300. The lowest BCUT2D eigenvalue weighted by atomic mass is 10.0. The standard InChI is InChI=1S/C7H11N/c1-2-6-8-7(3-1)4-5-7/h4-5,8H,1-3,6H2. The molecule has 0 saturated carbocycles. The van der Waals surface area contributed by atoms with Crippen LogP contribution in [-0.2, 0) is 0 Å². The Kier molecular flexibility index (Phi) is 0.770. The van der Waals surface area contributed by atoms with Crippen molar-refractivity contribution >= 4 is 0 Å². The zero-order valence-corrected chi connectivity index (χ0v) is 4.98. The Labute approximate surface area is 49.8 Å². The van der Waals surface area contributed by atoms with Crippen molar-refractivity contribution in [2.45, 2.75) is 24.8 Å². The predicted molar refractivity (Wildman–Crippen MR) is 33.7 cm³/mol. The summed E-state index contributed by atoms with van der Waals surface area (Å²) in [4.78, 5) is 0. The molecule has 1 heteroatoms. The van der Waals surface area contributed by atoms with Crippen LogP contribution in [0.15, 0.2) is 12.2 Å². The Balaban J connectivity index is 1.96. The maximum Gasteiger partial charge on any atom is 0.0551 e. The van der Waals surface area contributed by atoms with E-state index in [0.29, 0.717) is 5.54 Å². The van der Waals surface area contributed by atoms with Gasteiger partial charge in [-0.3, -0.25) is 0 Å². The molecule has 0 bridgehead atoms. The van der Waals surface area contributed by atoms with Crippen LogP contribution < -0.4 is 5.32 Å². The molecule has 1 N–H and O–H groups in total. The smallest absolute Gasteiger partial charge is 0.0551 e. The van der Waals surface area contributed by atoms with Gasteiger partial charge in [0, 0.05) is 0 Å². The number of hydrogen-bond acceptors (Lipinski definition) is 1. The molecule has 0 unspecified atom stereocenters. The second-order valence-electron chi connectivity index (χ2n) is 2.76. The lowest BCUT2D eigenvalue weighted by Gasteiger charge is -2.22. The normalized spacial score (nSPS) is 31.0. The van der Waals surface area contributed by atoms with Crippen molar-refractivity contribution in [3.05, 3.63) is 12.2 Å². The maximum absolute atomic E-state index is 3.46. The van der Waals surface area contributed by atoms with E-state index in [9.17, 15) is 0 Å². The van der Waals surface area contributed by atoms with E-state index >= 15 is 0 Å². The molecular formula is C7H11N. The molecule has 1 fully saturated rings. The van der Waals surface area contributed by atoms with Crippen LogP contribution >= 0.6 is 0 Å². The molecule has 0 aromatic heterocycles. The van der Waals surface area contributed by atoms with Gasteiger partial charge in [-0.1, -0.05) is 12.2 Å². The summed E-state index contributed by atoms with van der Waals surface area (Å²) < 4.78 is 0. The fraction of sp³-hybridized carbons (Fsp3) is 0.714. The first-order chi connectivity index (χ1) is 3.91. The van der Waals surface area contributed by atoms with E-state index in [-0.39, 0.29) is 0 Å². The van der Waals surface area contributed by atoms with Gasteiger partial charge in [-0.2, -0.15) is 0 Å². The zero-order chi connectivity index (χ0) is 5.45. The molecule has 2 aliphatic rings. The lowest BCUT2D eigenvalue weighted by molar-refractivity contribution is 0.414. The van der Waals surface area contributed by atoms with Crippen molar-refractivity contribution in [1.82, 2.24) is 5.32 Å². The summed E-state index contributed by atoms with van der Waals surface area (Å²) in [6, 6.07) is 0. The minimum Gasteiger partial charge on any atom is -0.305 e. The Bertz CT molecular complexity index is 112. The quantitative estimate of drug-likeness (QED) is 0.459. The van der Waals surface area contributed by atoms with Crippen LogP contribution in [0.4, 0.5) is 0 Å². The largest absolute Gasteiger partial charge is 0.305 e. The summed E-state index contributed by atoms with van der Waals surface area (Å²) in [6.07, 6.45) is 8.65. The highest BCUT2D eigenvalue weighted by Gasteiger charge is 2.34. The number of rotatable bonds is 0. The van der Waals surface area contributed by atoms with Gasteiger partial charge in [-0.05, 0) is 25.8 Å². The molecule has 0 radical (unpaired) electrons. The summed E-state index contributed by atoms with van der Waals surface area (Å²) in [6.45, 7) is 1.22. The monoisotopic (exact) mass is 109 g/mol. The molecule has 1 nitrogen and oxygen atoms in total. The van der Waals surface area contributed by atoms with Crippen LogP contribution in [0, 0.1) is 0 Å². The molecule has 1 saturated heterocycles. The lowest BCUT2D eigenvalue weighted by Crippen LogP contribution is -2.37. The summed E-state index contributed by atoms with van der Waals surface area (Å²) in [5, 5.41) is 3.46. The van der Waals surface area contributed by atoms with Gasteiger partial charge in [-0.25, -0.2) is 0 Å². The highest BCUT2D eigenvalue weighted by molar-refractivity contribution is 5.34. The summed E-state index contributed by atoms with van der Waals surface area (Å²) in [5.74, 6) is 0. The van der Waals surface area contributed by atoms with E-state index in [1.54, 1.807) is 0 Å². The van der Waals surface area contributed by atoms with Crippen molar-refractivity contribution in [3.63, 3.8) is 0 Å². The van der Waals surface area contributed by atoms with Crippen LogP contribution in [0.25, 0.3) is 0 Å². The van der Waals surface area contributed by atoms with Gasteiger partial charge < -0.3 is 5.32 Å². The minimum atomic E-state index is 0.429. The summed E-state index contributed by atoms with van der Waals surface area (Å²) in [7, 11) is 0. The van der Waals surface area contributed by atoms with Crippen LogP contribution in [-0.4, -0.2) is 12.1 Å². The minimum absolute atomic E-state index is 0.429. The molecule has 2 rings (SSSR count). The average Bonchev–Trinajstić information content (AvgIpc) is 2.52. The van der Waals surface area contributed by atoms with E-state index in [1.807, 2.05) is 0 Å². The molecule has 1 aliphatic carbocycles. The number of hydrogen-bond donors (Lipinski definition) is 1. The fourth-order valence-corrected chi connectivity index (χ4v) is 1.34. The average molecular weight is 109 g/mol. The number of piperidine rings is 1. The van der Waals surface area contributed by atoms with Crippen LogP contribution in [0.2, 0.25) is 0 Å². The van der Waals surface area contributed by atoms with E-state index in [2.05, 4.69) is 17.5 Å². The second-order valence-corrected chi connectivity index (χ2v) is 2.76. The first kappa shape index (κ1) is 4.57. The van der Waals surface area contributed by atoms with Crippen molar-refractivity contribution in [2.24, 2.45) is 0 Å². The SMILES string of the molecule is C1=CC12CCCCN2. The van der Waals surface area contributed by atoms with Crippen LogP contribution in [0.3, 0.4) is 0 Å². The molecule has 0 atom stereocenters. The van der Waals surface area contributed by atoms with Crippen molar-refractivity contribution in [3.8, 4) is 0 Å². The van der Waals surface area contributed by atoms with Gasteiger partial charge >= 0.3 is 0 Å². The molecule has 8 heavy (non-hydrogen) atoms. The summed E-state index contributed by atoms with van der Waals surface area (Å²) >= 11 is 0. The van der Waals surface area contributed by atoms with Gasteiger partial charge in [-0.15, -0.1) is 0 Å². The zero-order valence-electron chi connectivity index (χ0n) is 4.98. The third-order valence-electron chi connectivity index (χ3n) is 2.04. The molecule has 1 aliphatic heterocycles. The van der Waals surface area contributed by atoms with E-state index in [4.69, 9.17) is 0 Å². The molecule has 44 valence electrons. The number of nitrogens with one attached hydrogen (secondary N) is 1. The first-order valence-electron chi connectivity index (χ1n) is 3.37. The Morgan fingerprint density at radius 1 is 1.25 bits per heavy atom. The van der Waals surface area contributed by atoms with Gasteiger partial charge in [0.15, 0.2) is 0 Å². The third-order valence-corrected chi connectivity index (χ3v) is 2.04. The molecular weight excluding hydrogens is 98.1 g/mol. The van der Waals surface area contributed by atoms with Crippen molar-refractivity contribution < 1.29 is 0 Å². The maximum atomic E-state index is 3.46. The van der Waals surface area contributed by atoms with Crippen molar-refractivity contribution in [2.75, 3.05) is 6.54 Å². The van der Waals surface area contributed by atoms with Crippen LogP contribution in [0.5, 0.6) is 0 Å². The predicted octanol–water partition coefficient (Wildman–Crippen LogP) is 1.07. The van der Waals surface area contributed by atoms with E-state index in [1.165, 1.54) is 25.8 Å². The first-order valence-corrected chi connectivity index (χ1v) is 3.37. The Morgan fingerprint density at radius 2 is 2.12 bits per heavy atom. The van der Waals surface area contributed by atoms with Crippen molar-refractivity contribution in [1.29, 1.82) is 0 Å². The second kappa shape index (κ2) is 1.35. The molecule has 1 heterocycles. The van der Waals surface area contributed by atoms with Crippen LogP contribution in [0.1, 0.15) is 19.3 Å². The highest BCUT2D eigenvalue weighted by atomic mass is 15.0. The molecule has 0 aromatic carbocycles. The molecule has 0 aromatic rings. The molecule has 0 amide bonds. The molecule has 1 spiro atoms. The fourth-order valence-electron chi connectivity index (χ4n) is 1.34. The topological polar surface area (TPSA) is 12.0 Å². The van der Waals surface area contributed by atoms with E-state index < -0.39 is 0 Å². The van der Waals surface area contributed by atoms with Gasteiger partial charge in [0.05, 0.1) is 5.54 Å². The Morgan fingerprint density at radius 3 is 2.50 bits per heavy atom. The summed E-state index contributed by atoms with van der Waals surface area (Å²) in [5.41, 5.74) is 0.429. The third kappa shape index (κ3) is 0.583. The van der Waals surface area contributed by atoms with E-state index in [0.717, 1.165) is 0 Å². The highest BCUT2D eigenvalue weighted by Crippen LogP contribution is 2.31. The van der Waals surface area contributed by atoms with Gasteiger partial charge in [0.25, 0.3) is 0 Å².